The van der Waals surface area contributed by atoms with E-state index >= 15 is 0 Å². The molecular formula is C25H25NO2. The molecule has 3 nitrogen and oxygen atoms in total. The van der Waals surface area contributed by atoms with Crippen LogP contribution in [0, 0.1) is 5.92 Å². The number of carbonyl (C=O) groups is 2. The molecule has 0 aliphatic heterocycles. The SMILES string of the molecule is O=C[C@H](Cc1ccccc1)NC(=O)C(Cc1ccccc1)Cc1ccccc1. The van der Waals surface area contributed by atoms with Crippen LogP contribution in [-0.4, -0.2) is 18.2 Å². The van der Waals surface area contributed by atoms with E-state index in [0.29, 0.717) is 19.3 Å². The van der Waals surface area contributed by atoms with Crippen molar-refractivity contribution in [3.63, 3.8) is 0 Å². The van der Waals surface area contributed by atoms with Gasteiger partial charge >= 0.3 is 0 Å². The van der Waals surface area contributed by atoms with Crippen LogP contribution in [0.2, 0.25) is 0 Å². The maximum atomic E-state index is 13.0. The molecule has 3 aromatic carbocycles. The monoisotopic (exact) mass is 371 g/mol. The van der Waals surface area contributed by atoms with Crippen molar-refractivity contribution in [1.82, 2.24) is 5.32 Å². The zero-order chi connectivity index (χ0) is 19.6. The van der Waals surface area contributed by atoms with Crippen molar-refractivity contribution in [3.8, 4) is 0 Å². The van der Waals surface area contributed by atoms with Crippen molar-refractivity contribution in [2.45, 2.75) is 25.3 Å². The standard InChI is InChI=1S/C25H25NO2/c27-19-24(18-22-14-8-3-9-15-22)26-25(28)23(16-20-10-4-1-5-11-20)17-21-12-6-2-7-13-21/h1-15,19,23-24H,16-18H2,(H,26,28)/t24-/m0/s1. The summed E-state index contributed by atoms with van der Waals surface area (Å²) in [6.07, 6.45) is 2.60. The number of amides is 1. The van der Waals surface area contributed by atoms with Gasteiger partial charge < -0.3 is 10.1 Å². The molecule has 0 unspecified atom stereocenters. The largest absolute Gasteiger partial charge is 0.346 e. The molecule has 0 aliphatic rings. The van der Waals surface area contributed by atoms with Crippen LogP contribution in [0.3, 0.4) is 0 Å². The lowest BCUT2D eigenvalue weighted by atomic mass is 9.91. The minimum atomic E-state index is -0.524. The summed E-state index contributed by atoms with van der Waals surface area (Å²) in [6.45, 7) is 0. The molecular weight excluding hydrogens is 346 g/mol. The van der Waals surface area contributed by atoms with Crippen LogP contribution in [0.15, 0.2) is 91.0 Å². The molecule has 1 N–H and O–H groups in total. The number of nitrogens with one attached hydrogen (secondary N) is 1. The molecule has 0 bridgehead atoms. The van der Waals surface area contributed by atoms with Crippen molar-refractivity contribution in [2.75, 3.05) is 0 Å². The van der Waals surface area contributed by atoms with Gasteiger partial charge in [0.1, 0.15) is 6.29 Å². The third-order valence-electron chi connectivity index (χ3n) is 4.81. The minimum absolute atomic E-state index is 0.0827. The summed E-state index contributed by atoms with van der Waals surface area (Å²) in [4.78, 5) is 24.6. The first-order valence-electron chi connectivity index (χ1n) is 9.62. The van der Waals surface area contributed by atoms with Crippen LogP contribution in [0.25, 0.3) is 0 Å². The predicted octanol–water partition coefficient (Wildman–Crippen LogP) is 4.01. The van der Waals surface area contributed by atoms with E-state index in [2.05, 4.69) is 5.32 Å². The van der Waals surface area contributed by atoms with Gasteiger partial charge in [-0.2, -0.15) is 0 Å². The first kappa shape index (κ1) is 19.6. The number of benzene rings is 3. The highest BCUT2D eigenvalue weighted by atomic mass is 16.2. The number of rotatable bonds is 9. The van der Waals surface area contributed by atoms with Gasteiger partial charge in [0.25, 0.3) is 0 Å². The molecule has 0 aliphatic carbocycles. The zero-order valence-corrected chi connectivity index (χ0v) is 15.8. The van der Waals surface area contributed by atoms with Crippen LogP contribution in [0.1, 0.15) is 16.7 Å². The first-order valence-corrected chi connectivity index (χ1v) is 9.62. The number of hydrogen-bond acceptors (Lipinski definition) is 2. The third-order valence-corrected chi connectivity index (χ3v) is 4.81. The lowest BCUT2D eigenvalue weighted by Gasteiger charge is -2.20. The van der Waals surface area contributed by atoms with Gasteiger partial charge in [-0.3, -0.25) is 4.79 Å². The Morgan fingerprint density at radius 2 is 1.07 bits per heavy atom. The molecule has 0 spiro atoms. The third kappa shape index (κ3) is 5.92. The Hall–Kier alpha value is -3.20. The van der Waals surface area contributed by atoms with Crippen molar-refractivity contribution >= 4 is 12.2 Å². The zero-order valence-electron chi connectivity index (χ0n) is 15.8. The van der Waals surface area contributed by atoms with Crippen LogP contribution >= 0.6 is 0 Å². The van der Waals surface area contributed by atoms with Crippen LogP contribution in [-0.2, 0) is 28.9 Å². The Bertz CT molecular complexity index is 821. The lowest BCUT2D eigenvalue weighted by molar-refractivity contribution is -0.127. The van der Waals surface area contributed by atoms with Crippen molar-refractivity contribution in [3.05, 3.63) is 108 Å². The van der Waals surface area contributed by atoms with Crippen LogP contribution < -0.4 is 5.32 Å². The van der Waals surface area contributed by atoms with Crippen molar-refractivity contribution in [1.29, 1.82) is 0 Å². The first-order chi connectivity index (χ1) is 13.7. The molecule has 0 saturated heterocycles. The highest BCUT2D eigenvalue weighted by Gasteiger charge is 2.22. The van der Waals surface area contributed by atoms with Gasteiger partial charge in [-0.1, -0.05) is 91.0 Å². The molecule has 142 valence electrons. The summed E-state index contributed by atoms with van der Waals surface area (Å²) < 4.78 is 0. The van der Waals surface area contributed by atoms with E-state index in [1.807, 2.05) is 91.0 Å². The molecule has 3 heteroatoms. The Balaban J connectivity index is 1.71. The van der Waals surface area contributed by atoms with Gasteiger partial charge in [0.05, 0.1) is 6.04 Å². The fourth-order valence-corrected chi connectivity index (χ4v) is 3.36. The van der Waals surface area contributed by atoms with E-state index in [1.165, 1.54) is 0 Å². The van der Waals surface area contributed by atoms with Gasteiger partial charge in [-0.25, -0.2) is 0 Å². The minimum Gasteiger partial charge on any atom is -0.346 e. The summed E-state index contributed by atoms with van der Waals surface area (Å²) in [5.41, 5.74) is 3.26. The van der Waals surface area contributed by atoms with Gasteiger partial charge in [0, 0.05) is 5.92 Å². The molecule has 3 aromatic rings. The highest BCUT2D eigenvalue weighted by molar-refractivity contribution is 5.82. The molecule has 0 fully saturated rings. The second kappa shape index (κ2) is 10.2. The van der Waals surface area contributed by atoms with E-state index in [-0.39, 0.29) is 11.8 Å². The van der Waals surface area contributed by atoms with Crippen molar-refractivity contribution in [2.24, 2.45) is 5.92 Å². The van der Waals surface area contributed by atoms with E-state index in [0.717, 1.165) is 23.0 Å². The summed E-state index contributed by atoms with van der Waals surface area (Å²) in [5.74, 6) is -0.316. The van der Waals surface area contributed by atoms with E-state index in [4.69, 9.17) is 0 Å². The Morgan fingerprint density at radius 3 is 1.46 bits per heavy atom. The number of carbonyl (C=O) groups excluding carboxylic acids is 2. The maximum absolute atomic E-state index is 13.0. The average molecular weight is 371 g/mol. The normalized spacial score (nSPS) is 11.8. The van der Waals surface area contributed by atoms with E-state index in [9.17, 15) is 9.59 Å². The van der Waals surface area contributed by atoms with Crippen molar-refractivity contribution < 1.29 is 9.59 Å². The molecule has 1 amide bonds. The second-order valence-electron chi connectivity index (χ2n) is 7.02. The average Bonchev–Trinajstić information content (AvgIpc) is 2.75. The highest BCUT2D eigenvalue weighted by Crippen LogP contribution is 2.16. The quantitative estimate of drug-likeness (QED) is 0.578. The molecule has 3 rings (SSSR count). The second-order valence-corrected chi connectivity index (χ2v) is 7.02. The summed E-state index contributed by atoms with van der Waals surface area (Å²) in [7, 11) is 0. The summed E-state index contributed by atoms with van der Waals surface area (Å²) >= 11 is 0. The van der Waals surface area contributed by atoms with Crippen LogP contribution in [0.4, 0.5) is 0 Å². The Morgan fingerprint density at radius 1 is 0.679 bits per heavy atom. The maximum Gasteiger partial charge on any atom is 0.224 e. The molecule has 0 heterocycles. The van der Waals surface area contributed by atoms with Gasteiger partial charge in [-0.15, -0.1) is 0 Å². The topological polar surface area (TPSA) is 46.2 Å². The lowest BCUT2D eigenvalue weighted by Crippen LogP contribution is -2.42. The van der Waals surface area contributed by atoms with Crippen LogP contribution in [0.5, 0.6) is 0 Å². The van der Waals surface area contributed by atoms with Gasteiger partial charge in [0.2, 0.25) is 5.91 Å². The van der Waals surface area contributed by atoms with E-state index in [1.54, 1.807) is 0 Å². The van der Waals surface area contributed by atoms with Gasteiger partial charge in [-0.05, 0) is 36.0 Å². The fraction of sp³-hybridized carbons (Fsp3) is 0.200. The molecule has 0 aromatic heterocycles. The smallest absolute Gasteiger partial charge is 0.224 e. The Kier molecular flexibility index (Phi) is 7.14. The molecule has 0 saturated carbocycles. The number of hydrogen-bond donors (Lipinski definition) is 1. The molecule has 28 heavy (non-hydrogen) atoms. The number of aldehydes is 1. The molecule has 0 radical (unpaired) electrons. The Labute approximate surface area is 166 Å². The fourth-order valence-electron chi connectivity index (χ4n) is 3.36. The summed E-state index contributed by atoms with van der Waals surface area (Å²) in [5, 5.41) is 2.95. The summed E-state index contributed by atoms with van der Waals surface area (Å²) in [6, 6.07) is 29.2. The predicted molar refractivity (Wildman–Crippen MR) is 112 cm³/mol. The van der Waals surface area contributed by atoms with Gasteiger partial charge in [0.15, 0.2) is 0 Å². The van der Waals surface area contributed by atoms with E-state index < -0.39 is 6.04 Å². The molecule has 1 atom stereocenters.